The second kappa shape index (κ2) is 2.83. The first-order valence-corrected chi connectivity index (χ1v) is 4.25. The molecule has 0 amide bonds. The number of anilines is 1. The Kier molecular flexibility index (Phi) is 1.79. The minimum absolute atomic E-state index is 0.0893. The fourth-order valence-corrected chi connectivity index (χ4v) is 1.58. The quantitative estimate of drug-likeness (QED) is 0.668. The lowest BCUT2D eigenvalue weighted by atomic mass is 10.1. The van der Waals surface area contributed by atoms with E-state index in [1.807, 2.05) is 0 Å². The molecule has 1 N–H and O–H groups in total. The van der Waals surface area contributed by atoms with E-state index in [1.165, 1.54) is 13.0 Å². The highest BCUT2D eigenvalue weighted by atomic mass is 19.1. The molecule has 68 valence electrons. The van der Waals surface area contributed by atoms with Crippen LogP contribution in [0.4, 0.5) is 10.1 Å². The third-order valence-electron chi connectivity index (χ3n) is 2.27. The molecule has 2 nitrogen and oxygen atoms in total. The predicted molar refractivity (Wildman–Crippen MR) is 48.6 cm³/mol. The molecule has 1 aromatic carbocycles. The molecule has 0 fully saturated rings. The Morgan fingerprint density at radius 3 is 3.00 bits per heavy atom. The van der Waals surface area contributed by atoms with Gasteiger partial charge in [-0.05, 0) is 31.0 Å². The molecule has 0 unspecified atom stereocenters. The third kappa shape index (κ3) is 1.30. The molecular weight excluding hydrogens is 169 g/mol. The fourth-order valence-electron chi connectivity index (χ4n) is 1.58. The van der Waals surface area contributed by atoms with Crippen LogP contribution in [0.15, 0.2) is 12.1 Å². The van der Waals surface area contributed by atoms with Gasteiger partial charge in [-0.25, -0.2) is 4.39 Å². The monoisotopic (exact) mass is 179 g/mol. The SMILES string of the molecule is CC(=O)c1cc(F)c2c(c1)CCN2. The summed E-state index contributed by atoms with van der Waals surface area (Å²) in [7, 11) is 0. The fraction of sp³-hybridized carbons (Fsp3) is 0.300. The summed E-state index contributed by atoms with van der Waals surface area (Å²) < 4.78 is 13.3. The van der Waals surface area contributed by atoms with Crippen LogP contribution in [0.3, 0.4) is 0 Å². The topological polar surface area (TPSA) is 29.1 Å². The number of hydrogen-bond donors (Lipinski definition) is 1. The van der Waals surface area contributed by atoms with Gasteiger partial charge in [0.15, 0.2) is 5.78 Å². The van der Waals surface area contributed by atoms with Crippen LogP contribution in [0.5, 0.6) is 0 Å². The smallest absolute Gasteiger partial charge is 0.159 e. The van der Waals surface area contributed by atoms with E-state index in [-0.39, 0.29) is 11.6 Å². The Balaban J connectivity index is 2.55. The summed E-state index contributed by atoms with van der Waals surface area (Å²) >= 11 is 0. The van der Waals surface area contributed by atoms with Crippen LogP contribution in [0.25, 0.3) is 0 Å². The van der Waals surface area contributed by atoms with Crippen molar-refractivity contribution in [1.82, 2.24) is 0 Å². The molecule has 3 heteroatoms. The lowest BCUT2D eigenvalue weighted by molar-refractivity contribution is 0.101. The molecule has 0 saturated carbocycles. The van der Waals surface area contributed by atoms with Crippen LogP contribution in [-0.2, 0) is 6.42 Å². The molecule has 2 rings (SSSR count). The van der Waals surface area contributed by atoms with E-state index in [0.717, 1.165) is 18.5 Å². The second-order valence-electron chi connectivity index (χ2n) is 3.23. The van der Waals surface area contributed by atoms with E-state index < -0.39 is 0 Å². The van der Waals surface area contributed by atoms with Gasteiger partial charge >= 0.3 is 0 Å². The Morgan fingerprint density at radius 1 is 1.54 bits per heavy atom. The molecule has 0 saturated heterocycles. The van der Waals surface area contributed by atoms with Crippen LogP contribution in [0.1, 0.15) is 22.8 Å². The van der Waals surface area contributed by atoms with Gasteiger partial charge in [-0.1, -0.05) is 0 Å². The Morgan fingerprint density at radius 2 is 2.31 bits per heavy atom. The van der Waals surface area contributed by atoms with E-state index in [4.69, 9.17) is 0 Å². The highest BCUT2D eigenvalue weighted by Crippen LogP contribution is 2.26. The maximum Gasteiger partial charge on any atom is 0.159 e. The number of carbonyl (C=O) groups is 1. The summed E-state index contributed by atoms with van der Waals surface area (Å²) in [6.07, 6.45) is 0.799. The van der Waals surface area contributed by atoms with Gasteiger partial charge in [-0.2, -0.15) is 0 Å². The summed E-state index contributed by atoms with van der Waals surface area (Å²) in [6.45, 7) is 2.21. The number of nitrogens with one attached hydrogen (secondary N) is 1. The number of halogens is 1. The normalized spacial score (nSPS) is 13.7. The minimum Gasteiger partial charge on any atom is -0.382 e. The van der Waals surface area contributed by atoms with Gasteiger partial charge in [0.1, 0.15) is 5.82 Å². The maximum absolute atomic E-state index is 13.3. The van der Waals surface area contributed by atoms with Crippen molar-refractivity contribution in [2.75, 3.05) is 11.9 Å². The van der Waals surface area contributed by atoms with Crippen LogP contribution >= 0.6 is 0 Å². The lowest BCUT2D eigenvalue weighted by Crippen LogP contribution is -1.97. The lowest BCUT2D eigenvalue weighted by Gasteiger charge is -2.03. The predicted octanol–water partition coefficient (Wildman–Crippen LogP) is 2.00. The van der Waals surface area contributed by atoms with E-state index in [9.17, 15) is 9.18 Å². The molecule has 0 aliphatic carbocycles. The van der Waals surface area contributed by atoms with Crippen molar-refractivity contribution in [3.8, 4) is 0 Å². The summed E-state index contributed by atoms with van der Waals surface area (Å²) in [6, 6.07) is 3.06. The minimum atomic E-state index is -0.319. The molecule has 0 radical (unpaired) electrons. The standard InChI is InChI=1S/C10H10FNO/c1-6(13)8-4-7-2-3-12-10(7)9(11)5-8/h4-5,12H,2-3H2,1H3. The maximum atomic E-state index is 13.3. The average Bonchev–Trinajstić information content (AvgIpc) is 2.51. The first-order valence-electron chi connectivity index (χ1n) is 4.25. The highest BCUT2D eigenvalue weighted by Gasteiger charge is 2.16. The summed E-state index contributed by atoms with van der Waals surface area (Å²) in [4.78, 5) is 11.0. The number of benzene rings is 1. The van der Waals surface area contributed by atoms with Gasteiger partial charge in [0.05, 0.1) is 5.69 Å². The zero-order chi connectivity index (χ0) is 9.42. The van der Waals surface area contributed by atoms with Crippen molar-refractivity contribution < 1.29 is 9.18 Å². The number of hydrogen-bond acceptors (Lipinski definition) is 2. The number of Topliss-reactive ketones (excluding diaryl/α,β-unsaturated/α-hetero) is 1. The van der Waals surface area contributed by atoms with Gasteiger partial charge in [0.2, 0.25) is 0 Å². The van der Waals surface area contributed by atoms with Gasteiger partial charge in [0, 0.05) is 12.1 Å². The zero-order valence-electron chi connectivity index (χ0n) is 7.36. The van der Waals surface area contributed by atoms with E-state index in [0.29, 0.717) is 11.3 Å². The largest absolute Gasteiger partial charge is 0.382 e. The van der Waals surface area contributed by atoms with Crippen molar-refractivity contribution in [2.24, 2.45) is 0 Å². The van der Waals surface area contributed by atoms with E-state index in [1.54, 1.807) is 6.07 Å². The van der Waals surface area contributed by atoms with Crippen molar-refractivity contribution >= 4 is 11.5 Å². The molecule has 0 spiro atoms. The van der Waals surface area contributed by atoms with E-state index in [2.05, 4.69) is 5.32 Å². The first-order chi connectivity index (χ1) is 6.18. The molecule has 1 aliphatic heterocycles. The van der Waals surface area contributed by atoms with Crippen molar-refractivity contribution in [3.63, 3.8) is 0 Å². The van der Waals surface area contributed by atoms with E-state index >= 15 is 0 Å². The van der Waals surface area contributed by atoms with Crippen LogP contribution in [-0.4, -0.2) is 12.3 Å². The molecule has 0 bridgehead atoms. The summed E-state index contributed by atoms with van der Waals surface area (Å²) in [5.74, 6) is -0.409. The Hall–Kier alpha value is -1.38. The Bertz CT molecular complexity index is 373. The zero-order valence-corrected chi connectivity index (χ0v) is 7.36. The van der Waals surface area contributed by atoms with Crippen LogP contribution < -0.4 is 5.32 Å². The molecule has 13 heavy (non-hydrogen) atoms. The Labute approximate surface area is 75.8 Å². The molecule has 0 aromatic heterocycles. The summed E-state index contributed by atoms with van der Waals surface area (Å²) in [5.41, 5.74) is 1.93. The number of rotatable bonds is 1. The van der Waals surface area contributed by atoms with Gasteiger partial charge in [-0.3, -0.25) is 4.79 Å². The first kappa shape index (κ1) is 8.23. The molecule has 1 aliphatic rings. The van der Waals surface area contributed by atoms with Crippen LogP contribution in [0.2, 0.25) is 0 Å². The van der Waals surface area contributed by atoms with Crippen molar-refractivity contribution in [3.05, 3.63) is 29.1 Å². The molecule has 1 heterocycles. The number of carbonyl (C=O) groups excluding carboxylic acids is 1. The van der Waals surface area contributed by atoms with Gasteiger partial charge in [0.25, 0.3) is 0 Å². The average molecular weight is 179 g/mol. The third-order valence-corrected chi connectivity index (χ3v) is 2.27. The molecule has 0 atom stereocenters. The second-order valence-corrected chi connectivity index (χ2v) is 3.23. The number of ketones is 1. The molecular formula is C10H10FNO. The van der Waals surface area contributed by atoms with Gasteiger partial charge < -0.3 is 5.32 Å². The van der Waals surface area contributed by atoms with Crippen molar-refractivity contribution in [1.29, 1.82) is 0 Å². The highest BCUT2D eigenvalue weighted by molar-refractivity contribution is 5.95. The van der Waals surface area contributed by atoms with Crippen LogP contribution in [0, 0.1) is 5.82 Å². The molecule has 1 aromatic rings. The van der Waals surface area contributed by atoms with Gasteiger partial charge in [-0.15, -0.1) is 0 Å². The summed E-state index contributed by atoms with van der Waals surface area (Å²) in [5, 5.41) is 2.95. The number of fused-ring (bicyclic) bond motifs is 1. The van der Waals surface area contributed by atoms with Crippen molar-refractivity contribution in [2.45, 2.75) is 13.3 Å².